The Morgan fingerprint density at radius 1 is 1.00 bits per heavy atom. The molecule has 6 nitrogen and oxygen atoms in total. The zero-order chi connectivity index (χ0) is 29.6. The van der Waals surface area contributed by atoms with Crippen molar-refractivity contribution >= 4 is 22.6 Å². The second-order valence-corrected chi connectivity index (χ2v) is 12.1. The molecule has 0 saturated heterocycles. The van der Waals surface area contributed by atoms with Crippen LogP contribution in [0.2, 0.25) is 0 Å². The van der Waals surface area contributed by atoms with E-state index in [2.05, 4.69) is 11.9 Å². The summed E-state index contributed by atoms with van der Waals surface area (Å²) in [5.74, 6) is 0.653. The van der Waals surface area contributed by atoms with Gasteiger partial charge in [0.15, 0.2) is 0 Å². The lowest BCUT2D eigenvalue weighted by Gasteiger charge is -2.58. The van der Waals surface area contributed by atoms with Crippen LogP contribution < -0.4 is 14.8 Å². The number of nitrogens with one attached hydrogen (secondary N) is 1. The van der Waals surface area contributed by atoms with E-state index in [-0.39, 0.29) is 17.9 Å². The van der Waals surface area contributed by atoms with Gasteiger partial charge in [0.1, 0.15) is 24.1 Å². The fourth-order valence-electron chi connectivity index (χ4n) is 7.95. The van der Waals surface area contributed by atoms with Gasteiger partial charge in [0.05, 0.1) is 17.4 Å². The second kappa shape index (κ2) is 10.7. The third-order valence-electron chi connectivity index (χ3n) is 9.29. The quantitative estimate of drug-likeness (QED) is 0.259. The first-order valence-corrected chi connectivity index (χ1v) is 14.2. The van der Waals surface area contributed by atoms with Gasteiger partial charge in [-0.3, -0.25) is 4.79 Å². The van der Waals surface area contributed by atoms with E-state index in [9.17, 15) is 27.9 Å². The molecule has 0 aliphatic heterocycles. The summed E-state index contributed by atoms with van der Waals surface area (Å²) in [5, 5.41) is 14.5. The molecular formula is C33H32F3NO5. The van der Waals surface area contributed by atoms with Crippen molar-refractivity contribution in [2.75, 3.05) is 0 Å². The number of alkyl halides is 3. The van der Waals surface area contributed by atoms with Crippen LogP contribution in [0.5, 0.6) is 11.5 Å². The predicted octanol–water partition coefficient (Wildman–Crippen LogP) is 7.36. The van der Waals surface area contributed by atoms with Gasteiger partial charge < -0.3 is 19.9 Å². The highest BCUT2D eigenvalue weighted by molar-refractivity contribution is 6.05. The van der Waals surface area contributed by atoms with Crippen LogP contribution in [0.15, 0.2) is 67.4 Å². The fourth-order valence-corrected chi connectivity index (χ4v) is 7.95. The van der Waals surface area contributed by atoms with E-state index in [1.165, 1.54) is 18.4 Å². The predicted molar refractivity (Wildman–Crippen MR) is 150 cm³/mol. The number of carbonyl (C=O) groups excluding carboxylic acids is 1. The maximum absolute atomic E-state index is 13.8. The summed E-state index contributed by atoms with van der Waals surface area (Å²) in [6.07, 6.45) is 2.67. The van der Waals surface area contributed by atoms with Gasteiger partial charge in [-0.05, 0) is 104 Å². The summed E-state index contributed by atoms with van der Waals surface area (Å²) in [6.45, 7) is 3.47. The number of fused-ring (bicyclic) bond motifs is 1. The largest absolute Gasteiger partial charge is 0.487 e. The van der Waals surface area contributed by atoms with Gasteiger partial charge in [0.25, 0.3) is 5.91 Å². The zero-order valence-electron chi connectivity index (χ0n) is 23.0. The van der Waals surface area contributed by atoms with E-state index in [0.717, 1.165) is 50.7 Å². The number of hydrogen-bond donors (Lipinski definition) is 2. The van der Waals surface area contributed by atoms with Gasteiger partial charge in [-0.15, -0.1) is 0 Å². The standard InChI is InChI=1S/C33H32F3NO5/c1-2-41-25-8-10-26-23(14-25)5-9-27(28(26)42-18-19-3-6-24(7-4-19)33(34,35)36)30(38)37-29(31(39)40)32-15-20-11-21(16-32)13-22(12-20)17-32/h2-10,14,20-22,29H,1,11-13,15-18H2,(H,37,38)(H,39,40)/t20?,21?,22?,29-,32?/m1/s1. The molecule has 0 unspecified atom stereocenters. The van der Waals surface area contributed by atoms with Crippen LogP contribution >= 0.6 is 0 Å². The molecule has 0 heterocycles. The van der Waals surface area contributed by atoms with E-state index in [4.69, 9.17) is 9.47 Å². The number of ether oxygens (including phenoxy) is 2. The first-order valence-electron chi connectivity index (χ1n) is 14.2. The molecule has 3 aromatic carbocycles. The van der Waals surface area contributed by atoms with Crippen molar-refractivity contribution in [3.05, 3.63) is 84.1 Å². The highest BCUT2D eigenvalue weighted by Crippen LogP contribution is 2.61. The van der Waals surface area contributed by atoms with Gasteiger partial charge in [0.2, 0.25) is 0 Å². The van der Waals surface area contributed by atoms with Gasteiger partial charge >= 0.3 is 12.1 Å². The highest BCUT2D eigenvalue weighted by Gasteiger charge is 2.56. The van der Waals surface area contributed by atoms with Gasteiger partial charge in [-0.1, -0.05) is 24.8 Å². The van der Waals surface area contributed by atoms with Crippen LogP contribution in [0.1, 0.15) is 60.0 Å². The van der Waals surface area contributed by atoms with Crippen LogP contribution in [-0.4, -0.2) is 23.0 Å². The van der Waals surface area contributed by atoms with Crippen molar-refractivity contribution in [2.24, 2.45) is 23.2 Å². The molecule has 0 aromatic heterocycles. The van der Waals surface area contributed by atoms with Crippen molar-refractivity contribution in [1.82, 2.24) is 5.32 Å². The Labute approximate surface area is 241 Å². The number of carbonyl (C=O) groups is 2. The second-order valence-electron chi connectivity index (χ2n) is 12.1. The van der Waals surface area contributed by atoms with E-state index >= 15 is 0 Å². The lowest BCUT2D eigenvalue weighted by molar-refractivity contribution is -0.150. The van der Waals surface area contributed by atoms with E-state index in [1.54, 1.807) is 30.3 Å². The molecule has 4 bridgehead atoms. The number of benzene rings is 3. The summed E-state index contributed by atoms with van der Waals surface area (Å²) < 4.78 is 50.6. The fraction of sp³-hybridized carbons (Fsp3) is 0.394. The summed E-state index contributed by atoms with van der Waals surface area (Å²) in [4.78, 5) is 26.5. The molecule has 1 amide bonds. The molecular weight excluding hydrogens is 547 g/mol. The molecule has 2 N–H and O–H groups in total. The number of amides is 1. The van der Waals surface area contributed by atoms with E-state index < -0.39 is 35.1 Å². The highest BCUT2D eigenvalue weighted by atomic mass is 19.4. The first kappa shape index (κ1) is 28.1. The number of rotatable bonds is 9. The smallest absolute Gasteiger partial charge is 0.416 e. The van der Waals surface area contributed by atoms with Gasteiger partial charge in [-0.2, -0.15) is 13.2 Å². The van der Waals surface area contributed by atoms with Crippen molar-refractivity contribution in [2.45, 2.75) is 57.3 Å². The summed E-state index contributed by atoms with van der Waals surface area (Å²) in [7, 11) is 0. The minimum absolute atomic E-state index is 0.0974. The van der Waals surface area contributed by atoms with Gasteiger partial charge in [-0.25, -0.2) is 4.79 Å². The Hall–Kier alpha value is -4.01. The molecule has 4 fully saturated rings. The van der Waals surface area contributed by atoms with Gasteiger partial charge in [0, 0.05) is 10.8 Å². The first-order chi connectivity index (χ1) is 20.0. The number of carboxylic acids is 1. The third-order valence-corrected chi connectivity index (χ3v) is 9.29. The molecule has 7 rings (SSSR count). The van der Waals surface area contributed by atoms with Crippen molar-refractivity contribution in [3.8, 4) is 11.5 Å². The maximum Gasteiger partial charge on any atom is 0.416 e. The minimum atomic E-state index is -4.46. The maximum atomic E-state index is 13.8. The molecule has 4 aliphatic rings. The number of hydrogen-bond acceptors (Lipinski definition) is 4. The average molecular weight is 580 g/mol. The van der Waals surface area contributed by atoms with Crippen molar-refractivity contribution < 1.29 is 37.3 Å². The van der Waals surface area contributed by atoms with Crippen LogP contribution in [-0.2, 0) is 17.6 Å². The van der Waals surface area contributed by atoms with Crippen molar-refractivity contribution in [1.29, 1.82) is 0 Å². The number of carboxylic acid groups (broad SMARTS) is 1. The van der Waals surface area contributed by atoms with Crippen LogP contribution in [0.4, 0.5) is 13.2 Å². The number of aliphatic carboxylic acids is 1. The zero-order valence-corrected chi connectivity index (χ0v) is 23.0. The van der Waals surface area contributed by atoms with Crippen LogP contribution in [0.3, 0.4) is 0 Å². The Morgan fingerprint density at radius 3 is 2.21 bits per heavy atom. The Bertz CT molecular complexity index is 1500. The summed E-state index contributed by atoms with van der Waals surface area (Å²) in [5.41, 5.74) is -0.598. The minimum Gasteiger partial charge on any atom is -0.487 e. The molecule has 9 heteroatoms. The number of halogens is 3. The molecule has 0 radical (unpaired) electrons. The van der Waals surface area contributed by atoms with Crippen LogP contribution in [0.25, 0.3) is 10.8 Å². The Morgan fingerprint density at radius 2 is 1.64 bits per heavy atom. The van der Waals surface area contributed by atoms with E-state index in [1.807, 2.05) is 0 Å². The molecule has 220 valence electrons. The molecule has 4 saturated carbocycles. The normalized spacial score (nSPS) is 25.2. The van der Waals surface area contributed by atoms with Crippen LogP contribution in [0, 0.1) is 23.2 Å². The molecule has 3 aromatic rings. The lowest BCUT2D eigenvalue weighted by Crippen LogP contribution is -2.59. The molecule has 42 heavy (non-hydrogen) atoms. The SMILES string of the molecule is C=COc1ccc2c(OCc3ccc(C(F)(F)F)cc3)c(C(=O)N[C@H](C(=O)O)C34CC5CC(CC(C5)C3)C4)ccc2c1. The lowest BCUT2D eigenvalue weighted by atomic mass is 9.47. The van der Waals surface area contributed by atoms with E-state index in [0.29, 0.717) is 39.8 Å². The summed E-state index contributed by atoms with van der Waals surface area (Å²) >= 11 is 0. The molecule has 0 spiro atoms. The monoisotopic (exact) mass is 579 g/mol. The third kappa shape index (κ3) is 5.32. The van der Waals surface area contributed by atoms with Crippen molar-refractivity contribution in [3.63, 3.8) is 0 Å². The molecule has 1 atom stereocenters. The Balaban J connectivity index is 1.32. The summed E-state index contributed by atoms with van der Waals surface area (Å²) in [6, 6.07) is 12.1. The molecule has 4 aliphatic carbocycles. The topological polar surface area (TPSA) is 84.9 Å². The average Bonchev–Trinajstić information content (AvgIpc) is 2.93. The Kier molecular flexibility index (Phi) is 7.15.